The summed E-state index contributed by atoms with van der Waals surface area (Å²) in [6, 6.07) is 13.7. The summed E-state index contributed by atoms with van der Waals surface area (Å²) in [7, 11) is 0. The summed E-state index contributed by atoms with van der Waals surface area (Å²) in [5.41, 5.74) is 1.40. The van der Waals surface area contributed by atoms with Crippen LogP contribution in [0, 0.1) is 0 Å². The van der Waals surface area contributed by atoms with Crippen molar-refractivity contribution < 1.29 is 33.4 Å². The normalized spacial score (nSPS) is 11.5. The van der Waals surface area contributed by atoms with Crippen LogP contribution in [0.5, 0.6) is 5.75 Å². The van der Waals surface area contributed by atoms with Crippen LogP contribution in [0.4, 0.5) is 0 Å². The van der Waals surface area contributed by atoms with Crippen LogP contribution in [0.25, 0.3) is 0 Å². The second-order valence-corrected chi connectivity index (χ2v) is 7.86. The third-order valence-electron chi connectivity index (χ3n) is 4.18. The van der Waals surface area contributed by atoms with Gasteiger partial charge in [-0.1, -0.05) is 23.7 Å². The standard InChI is InChI=1S/C24H25ClO7/c1-15(2)31-24(29)22(27)14-30-23(28)12-16(3)32-20-10-6-18(7-11-20)21(26)13-17-4-8-19(25)9-5-17/h4-11,15-16H,12-14H2,1-3H3. The van der Waals surface area contributed by atoms with Crippen molar-refractivity contribution in [2.45, 2.75) is 45.8 Å². The Morgan fingerprint density at radius 1 is 0.906 bits per heavy atom. The number of ketones is 2. The molecule has 0 aliphatic heterocycles. The summed E-state index contributed by atoms with van der Waals surface area (Å²) in [4.78, 5) is 47.3. The molecule has 7 nitrogen and oxygen atoms in total. The summed E-state index contributed by atoms with van der Waals surface area (Å²) >= 11 is 5.85. The first-order valence-electron chi connectivity index (χ1n) is 10.1. The van der Waals surface area contributed by atoms with Crippen LogP contribution in [-0.4, -0.2) is 42.3 Å². The second-order valence-electron chi connectivity index (χ2n) is 7.42. The number of halogens is 1. The molecule has 0 spiro atoms. The largest absolute Gasteiger partial charge is 0.490 e. The number of rotatable bonds is 11. The highest BCUT2D eigenvalue weighted by atomic mass is 35.5. The quantitative estimate of drug-likeness (QED) is 0.284. The molecular formula is C24H25ClO7. The molecule has 0 fully saturated rings. The number of esters is 2. The molecule has 0 heterocycles. The number of hydrogen-bond acceptors (Lipinski definition) is 7. The van der Waals surface area contributed by atoms with Crippen molar-refractivity contribution in [2.75, 3.05) is 6.61 Å². The third-order valence-corrected chi connectivity index (χ3v) is 4.43. The van der Waals surface area contributed by atoms with Crippen molar-refractivity contribution >= 4 is 35.1 Å². The topological polar surface area (TPSA) is 96.0 Å². The molecule has 0 amide bonds. The van der Waals surface area contributed by atoms with Crippen molar-refractivity contribution in [1.29, 1.82) is 0 Å². The Labute approximate surface area is 191 Å². The van der Waals surface area contributed by atoms with Gasteiger partial charge in [0.1, 0.15) is 11.9 Å². The molecule has 0 saturated heterocycles. The summed E-state index contributed by atoms with van der Waals surface area (Å²) < 4.78 is 15.2. The Kier molecular flexibility index (Phi) is 9.40. The number of ether oxygens (including phenoxy) is 3. The average Bonchev–Trinajstić information content (AvgIpc) is 2.73. The van der Waals surface area contributed by atoms with E-state index < -0.39 is 36.5 Å². The lowest BCUT2D eigenvalue weighted by Crippen LogP contribution is -2.27. The first-order valence-corrected chi connectivity index (χ1v) is 10.5. The van der Waals surface area contributed by atoms with E-state index in [-0.39, 0.29) is 18.6 Å². The van der Waals surface area contributed by atoms with Gasteiger partial charge < -0.3 is 14.2 Å². The maximum absolute atomic E-state index is 12.4. The Morgan fingerprint density at radius 3 is 2.12 bits per heavy atom. The highest BCUT2D eigenvalue weighted by Gasteiger charge is 2.20. The minimum atomic E-state index is -1.04. The van der Waals surface area contributed by atoms with E-state index in [2.05, 4.69) is 0 Å². The van der Waals surface area contributed by atoms with Crippen LogP contribution in [0.1, 0.15) is 43.1 Å². The Hall–Kier alpha value is -3.19. The Morgan fingerprint density at radius 2 is 1.53 bits per heavy atom. The van der Waals surface area contributed by atoms with Gasteiger partial charge in [-0.2, -0.15) is 0 Å². The van der Waals surface area contributed by atoms with Crippen LogP contribution >= 0.6 is 11.6 Å². The van der Waals surface area contributed by atoms with Crippen molar-refractivity contribution in [1.82, 2.24) is 0 Å². The molecule has 0 saturated carbocycles. The maximum Gasteiger partial charge on any atom is 0.378 e. The van der Waals surface area contributed by atoms with E-state index in [1.807, 2.05) is 0 Å². The molecule has 0 aliphatic rings. The lowest BCUT2D eigenvalue weighted by Gasteiger charge is -2.14. The van der Waals surface area contributed by atoms with Gasteiger partial charge in [-0.3, -0.25) is 14.4 Å². The van der Waals surface area contributed by atoms with E-state index >= 15 is 0 Å². The molecule has 2 aromatic rings. The van der Waals surface area contributed by atoms with E-state index in [0.29, 0.717) is 16.3 Å². The van der Waals surface area contributed by atoms with Crippen molar-refractivity contribution in [2.24, 2.45) is 0 Å². The molecular weight excluding hydrogens is 436 g/mol. The molecule has 0 aliphatic carbocycles. The molecule has 1 atom stereocenters. The molecule has 2 aromatic carbocycles. The highest BCUT2D eigenvalue weighted by molar-refractivity contribution is 6.34. The van der Waals surface area contributed by atoms with E-state index in [0.717, 1.165) is 5.56 Å². The SMILES string of the molecule is CC(C)OC(=O)C(=O)COC(=O)CC(C)Oc1ccc(C(=O)Cc2ccc(Cl)cc2)cc1. The van der Waals surface area contributed by atoms with E-state index in [1.165, 1.54) is 0 Å². The van der Waals surface area contributed by atoms with Crippen molar-refractivity contribution in [3.63, 3.8) is 0 Å². The predicted octanol–water partition coefficient (Wildman–Crippen LogP) is 3.99. The van der Waals surface area contributed by atoms with Crippen molar-refractivity contribution in [3.05, 3.63) is 64.7 Å². The zero-order valence-corrected chi connectivity index (χ0v) is 18.9. The van der Waals surface area contributed by atoms with Crippen LogP contribution < -0.4 is 4.74 Å². The fourth-order valence-electron chi connectivity index (χ4n) is 2.66. The number of benzene rings is 2. The molecule has 0 radical (unpaired) electrons. The highest BCUT2D eigenvalue weighted by Crippen LogP contribution is 2.17. The zero-order chi connectivity index (χ0) is 23.7. The van der Waals surface area contributed by atoms with E-state index in [4.69, 9.17) is 25.8 Å². The van der Waals surface area contributed by atoms with Gasteiger partial charge in [0, 0.05) is 17.0 Å². The molecule has 0 bridgehead atoms. The van der Waals surface area contributed by atoms with Gasteiger partial charge >= 0.3 is 11.9 Å². The second kappa shape index (κ2) is 12.0. The lowest BCUT2D eigenvalue weighted by molar-refractivity contribution is -0.161. The summed E-state index contributed by atoms with van der Waals surface area (Å²) in [6.07, 6.45) is -0.849. The fraction of sp³-hybridized carbons (Fsp3) is 0.333. The maximum atomic E-state index is 12.4. The van der Waals surface area contributed by atoms with E-state index in [1.54, 1.807) is 69.3 Å². The molecule has 2 rings (SSSR count). The molecule has 0 N–H and O–H groups in total. The average molecular weight is 461 g/mol. The summed E-state index contributed by atoms with van der Waals surface area (Å²) in [5, 5.41) is 0.612. The molecule has 0 aromatic heterocycles. The fourth-order valence-corrected chi connectivity index (χ4v) is 2.79. The lowest BCUT2D eigenvalue weighted by atomic mass is 10.0. The van der Waals surface area contributed by atoms with Gasteiger partial charge in [-0.05, 0) is 62.7 Å². The van der Waals surface area contributed by atoms with Gasteiger partial charge in [-0.25, -0.2) is 4.79 Å². The number of hydrogen-bond donors (Lipinski definition) is 0. The van der Waals surface area contributed by atoms with Gasteiger partial charge in [0.2, 0.25) is 0 Å². The molecule has 170 valence electrons. The van der Waals surface area contributed by atoms with Crippen molar-refractivity contribution in [3.8, 4) is 5.75 Å². The Bertz CT molecular complexity index is 949. The van der Waals surface area contributed by atoms with Gasteiger partial charge in [-0.15, -0.1) is 0 Å². The first kappa shape index (κ1) is 25.1. The van der Waals surface area contributed by atoms with Crippen LogP contribution in [0.15, 0.2) is 48.5 Å². The number of Topliss-reactive ketones (excluding diaryl/α,β-unsaturated/α-hetero) is 2. The van der Waals surface area contributed by atoms with Crippen LogP contribution in [-0.2, 0) is 30.3 Å². The summed E-state index contributed by atoms with van der Waals surface area (Å²) in [6.45, 7) is 4.20. The van der Waals surface area contributed by atoms with E-state index in [9.17, 15) is 19.2 Å². The van der Waals surface area contributed by atoms with Gasteiger partial charge in [0.05, 0.1) is 12.5 Å². The Balaban J connectivity index is 1.79. The summed E-state index contributed by atoms with van der Waals surface area (Å²) in [5.74, 6) is -2.22. The minimum absolute atomic E-state index is 0.0452. The van der Waals surface area contributed by atoms with Crippen LogP contribution in [0.2, 0.25) is 5.02 Å². The van der Waals surface area contributed by atoms with Crippen LogP contribution in [0.3, 0.4) is 0 Å². The van der Waals surface area contributed by atoms with Gasteiger partial charge in [0.15, 0.2) is 12.4 Å². The monoisotopic (exact) mass is 460 g/mol. The number of carbonyl (C=O) groups excluding carboxylic acids is 4. The minimum Gasteiger partial charge on any atom is -0.490 e. The predicted molar refractivity (Wildman–Crippen MR) is 118 cm³/mol. The third kappa shape index (κ3) is 8.51. The molecule has 32 heavy (non-hydrogen) atoms. The van der Waals surface area contributed by atoms with Gasteiger partial charge in [0.25, 0.3) is 5.78 Å². The number of carbonyl (C=O) groups is 4. The molecule has 8 heteroatoms. The zero-order valence-electron chi connectivity index (χ0n) is 18.1. The smallest absolute Gasteiger partial charge is 0.378 e. The molecule has 1 unspecified atom stereocenters. The first-order chi connectivity index (χ1) is 15.1.